The first-order chi connectivity index (χ1) is 5.72. The first-order valence-corrected chi connectivity index (χ1v) is 3.85. The molecule has 2 atom stereocenters. The van der Waals surface area contributed by atoms with E-state index in [0.29, 0.717) is 11.8 Å². The van der Waals surface area contributed by atoms with Gasteiger partial charge in [0.1, 0.15) is 14.2 Å². The monoisotopic (exact) mass is 172 g/mol. The predicted molar refractivity (Wildman–Crippen MR) is 49.3 cm³/mol. The van der Waals surface area contributed by atoms with Gasteiger partial charge in [0, 0.05) is 24.3 Å². The van der Waals surface area contributed by atoms with Crippen molar-refractivity contribution >= 4 is 12.4 Å². The van der Waals surface area contributed by atoms with Crippen LogP contribution in [0.5, 0.6) is 0 Å². The van der Waals surface area contributed by atoms with E-state index in [0.717, 1.165) is 0 Å². The van der Waals surface area contributed by atoms with Crippen LogP contribution in [0.4, 0.5) is 0 Å². The maximum absolute atomic E-state index is 4.56. The molecule has 12 heavy (non-hydrogen) atoms. The van der Waals surface area contributed by atoms with Gasteiger partial charge < -0.3 is 9.68 Å². The maximum atomic E-state index is 4.56. The fourth-order valence-electron chi connectivity index (χ4n) is 0.585. The molecule has 0 heterocycles. The van der Waals surface area contributed by atoms with Crippen molar-refractivity contribution in [3.05, 3.63) is 0 Å². The van der Waals surface area contributed by atoms with Crippen LogP contribution < -0.4 is 0 Å². The lowest BCUT2D eigenvalue weighted by molar-refractivity contribution is 0.210. The predicted octanol–water partition coefficient (Wildman–Crippen LogP) is 1.52. The van der Waals surface area contributed by atoms with Gasteiger partial charge in [-0.1, -0.05) is 24.2 Å². The Balaban J connectivity index is 3.83. The molecule has 0 aromatic heterocycles. The van der Waals surface area contributed by atoms with Crippen LogP contribution in [-0.4, -0.2) is 26.6 Å². The molecule has 0 fully saturated rings. The van der Waals surface area contributed by atoms with Crippen molar-refractivity contribution in [2.24, 2.45) is 22.1 Å². The van der Waals surface area contributed by atoms with Crippen molar-refractivity contribution < 1.29 is 9.68 Å². The van der Waals surface area contributed by atoms with Crippen LogP contribution >= 0.6 is 0 Å². The lowest BCUT2D eigenvalue weighted by Crippen LogP contribution is -2.10. The van der Waals surface area contributed by atoms with E-state index in [2.05, 4.69) is 20.0 Å². The second kappa shape index (κ2) is 6.64. The molecule has 0 aromatic carbocycles. The maximum Gasteiger partial charge on any atom is 0.106 e. The second-order valence-corrected chi connectivity index (χ2v) is 2.59. The van der Waals surface area contributed by atoms with Crippen molar-refractivity contribution in [2.45, 2.75) is 13.8 Å². The van der Waals surface area contributed by atoms with E-state index in [1.54, 1.807) is 12.4 Å². The number of hydrogen-bond donors (Lipinski definition) is 0. The average molecular weight is 172 g/mol. The third-order valence-corrected chi connectivity index (χ3v) is 1.63. The molecule has 0 spiro atoms. The molecule has 0 rings (SSSR count). The van der Waals surface area contributed by atoms with Crippen molar-refractivity contribution in [1.29, 1.82) is 0 Å². The highest BCUT2D eigenvalue weighted by atomic mass is 16.6. The summed E-state index contributed by atoms with van der Waals surface area (Å²) in [7, 11) is 3.05. The van der Waals surface area contributed by atoms with Gasteiger partial charge >= 0.3 is 0 Å². The Morgan fingerprint density at radius 1 is 0.917 bits per heavy atom. The number of oxime groups is 2. The van der Waals surface area contributed by atoms with Crippen molar-refractivity contribution in [3.8, 4) is 0 Å². The lowest BCUT2D eigenvalue weighted by atomic mass is 9.99. The summed E-state index contributed by atoms with van der Waals surface area (Å²) in [4.78, 5) is 9.12. The second-order valence-electron chi connectivity index (χ2n) is 2.59. The normalized spacial score (nSPS) is 16.7. The lowest BCUT2D eigenvalue weighted by Gasteiger charge is -2.08. The van der Waals surface area contributed by atoms with Crippen LogP contribution in [0.2, 0.25) is 0 Å². The SMILES string of the molecule is CO/N=C\C(C)C(C)/C=N\OC. The molecule has 0 aromatic rings. The fraction of sp³-hybridized carbons (Fsp3) is 0.750. The molecule has 4 nitrogen and oxygen atoms in total. The van der Waals surface area contributed by atoms with Crippen LogP contribution in [0, 0.1) is 11.8 Å². The molecule has 0 saturated carbocycles. The topological polar surface area (TPSA) is 43.2 Å². The van der Waals surface area contributed by atoms with Gasteiger partial charge in [-0.15, -0.1) is 0 Å². The van der Waals surface area contributed by atoms with Crippen molar-refractivity contribution in [2.75, 3.05) is 14.2 Å². The quantitative estimate of drug-likeness (QED) is 0.466. The number of hydrogen-bond acceptors (Lipinski definition) is 4. The van der Waals surface area contributed by atoms with Gasteiger partial charge in [0.2, 0.25) is 0 Å². The molecule has 4 heteroatoms. The van der Waals surface area contributed by atoms with Gasteiger partial charge in [-0.2, -0.15) is 0 Å². The highest BCUT2D eigenvalue weighted by Crippen LogP contribution is 2.05. The van der Waals surface area contributed by atoms with Crippen LogP contribution in [0.3, 0.4) is 0 Å². The fourth-order valence-corrected chi connectivity index (χ4v) is 0.585. The molecule has 0 saturated heterocycles. The highest BCUT2D eigenvalue weighted by Gasteiger charge is 2.06. The summed E-state index contributed by atoms with van der Waals surface area (Å²) in [6.45, 7) is 4.07. The average Bonchev–Trinajstić information content (AvgIpc) is 2.10. The van der Waals surface area contributed by atoms with E-state index in [-0.39, 0.29) is 0 Å². The summed E-state index contributed by atoms with van der Waals surface area (Å²) >= 11 is 0. The third-order valence-electron chi connectivity index (χ3n) is 1.63. The standard InChI is InChI=1S/C8H16N2O2/c1-7(5-9-11-3)8(2)6-10-12-4/h5-8H,1-4H3/b9-5-,10-6-. The molecule has 0 aliphatic carbocycles. The van der Waals surface area contributed by atoms with Gasteiger partial charge in [-0.05, 0) is 0 Å². The molecule has 0 radical (unpaired) electrons. The van der Waals surface area contributed by atoms with E-state index in [9.17, 15) is 0 Å². The zero-order valence-electron chi connectivity index (χ0n) is 8.02. The van der Waals surface area contributed by atoms with Gasteiger partial charge in [0.05, 0.1) is 0 Å². The largest absolute Gasteiger partial charge is 0.399 e. The molecule has 0 amide bonds. The van der Waals surface area contributed by atoms with Crippen molar-refractivity contribution in [3.63, 3.8) is 0 Å². The van der Waals surface area contributed by atoms with Crippen molar-refractivity contribution in [1.82, 2.24) is 0 Å². The Labute approximate surface area is 73.2 Å². The van der Waals surface area contributed by atoms with E-state index in [4.69, 9.17) is 0 Å². The first kappa shape index (κ1) is 10.9. The summed E-state index contributed by atoms with van der Waals surface area (Å²) in [5.41, 5.74) is 0. The molecule has 2 unspecified atom stereocenters. The Hall–Kier alpha value is -1.06. The van der Waals surface area contributed by atoms with Gasteiger partial charge in [-0.25, -0.2) is 0 Å². The highest BCUT2D eigenvalue weighted by molar-refractivity contribution is 5.69. The summed E-state index contributed by atoms with van der Waals surface area (Å²) < 4.78 is 0. The minimum atomic E-state index is 0.295. The molecular formula is C8H16N2O2. The smallest absolute Gasteiger partial charge is 0.106 e. The van der Waals surface area contributed by atoms with Crippen LogP contribution in [0.25, 0.3) is 0 Å². The van der Waals surface area contributed by atoms with Crippen LogP contribution in [0.1, 0.15) is 13.8 Å². The molecule has 0 bridgehead atoms. The molecular weight excluding hydrogens is 156 g/mol. The van der Waals surface area contributed by atoms with E-state index >= 15 is 0 Å². The molecule has 70 valence electrons. The van der Waals surface area contributed by atoms with E-state index in [1.165, 1.54) is 14.2 Å². The minimum absolute atomic E-state index is 0.295. The van der Waals surface area contributed by atoms with Crippen LogP contribution in [-0.2, 0) is 9.68 Å². The van der Waals surface area contributed by atoms with Gasteiger partial charge in [0.15, 0.2) is 0 Å². The molecule has 0 aliphatic heterocycles. The Bertz CT molecular complexity index is 139. The van der Waals surface area contributed by atoms with E-state index < -0.39 is 0 Å². The minimum Gasteiger partial charge on any atom is -0.399 e. The first-order valence-electron chi connectivity index (χ1n) is 3.85. The number of rotatable bonds is 5. The van der Waals surface area contributed by atoms with Gasteiger partial charge in [-0.3, -0.25) is 0 Å². The van der Waals surface area contributed by atoms with E-state index in [1.807, 2.05) is 13.8 Å². The Kier molecular flexibility index (Phi) is 6.05. The number of nitrogens with zero attached hydrogens (tertiary/aromatic N) is 2. The summed E-state index contributed by atoms with van der Waals surface area (Å²) in [5, 5.41) is 7.35. The zero-order chi connectivity index (χ0) is 9.40. The Morgan fingerprint density at radius 2 is 1.25 bits per heavy atom. The third kappa shape index (κ3) is 4.71. The summed E-state index contributed by atoms with van der Waals surface area (Å²) in [6.07, 6.45) is 3.48. The van der Waals surface area contributed by atoms with Crippen LogP contribution in [0.15, 0.2) is 10.3 Å². The Morgan fingerprint density at radius 3 is 1.50 bits per heavy atom. The summed E-state index contributed by atoms with van der Waals surface area (Å²) in [5.74, 6) is 0.590. The molecule has 0 aliphatic rings. The van der Waals surface area contributed by atoms with Gasteiger partial charge in [0.25, 0.3) is 0 Å². The molecule has 0 N–H and O–H groups in total. The summed E-state index contributed by atoms with van der Waals surface area (Å²) in [6, 6.07) is 0. The zero-order valence-corrected chi connectivity index (χ0v) is 8.02.